The fourth-order valence-corrected chi connectivity index (χ4v) is 4.33. The molecule has 2 aromatic heterocycles. The predicted molar refractivity (Wildman–Crippen MR) is 94.8 cm³/mol. The van der Waals surface area contributed by atoms with Crippen LogP contribution in [0.5, 0.6) is 0 Å². The van der Waals surface area contributed by atoms with Crippen molar-refractivity contribution in [2.75, 3.05) is 20.1 Å². The lowest BCUT2D eigenvalue weighted by Gasteiger charge is -2.43. The highest BCUT2D eigenvalue weighted by molar-refractivity contribution is 5.86. The van der Waals surface area contributed by atoms with Crippen LogP contribution in [0.15, 0.2) is 36.9 Å². The van der Waals surface area contributed by atoms with Gasteiger partial charge in [0, 0.05) is 57.5 Å². The Morgan fingerprint density at radius 2 is 2.04 bits per heavy atom. The van der Waals surface area contributed by atoms with Gasteiger partial charge in [0.05, 0.1) is 12.5 Å². The van der Waals surface area contributed by atoms with E-state index in [0.29, 0.717) is 0 Å². The minimum atomic E-state index is -0.0419. The van der Waals surface area contributed by atoms with Gasteiger partial charge in [0.25, 0.3) is 0 Å². The van der Waals surface area contributed by atoms with Gasteiger partial charge < -0.3 is 9.47 Å². The van der Waals surface area contributed by atoms with Gasteiger partial charge >= 0.3 is 0 Å². The predicted octanol–water partition coefficient (Wildman–Crippen LogP) is 1.80. The molecule has 6 nitrogen and oxygen atoms in total. The molecule has 1 unspecified atom stereocenters. The molecule has 2 aliphatic rings. The Morgan fingerprint density at radius 1 is 1.24 bits per heavy atom. The summed E-state index contributed by atoms with van der Waals surface area (Å²) in [4.78, 5) is 25.9. The van der Waals surface area contributed by atoms with Crippen molar-refractivity contribution in [1.82, 2.24) is 24.3 Å². The van der Waals surface area contributed by atoms with Crippen LogP contribution in [0.4, 0.5) is 0 Å². The number of likely N-dealkylation sites (N-methyl/N-ethyl adjacent to an activating group) is 1. The average Bonchev–Trinajstić information content (AvgIpc) is 3.15. The summed E-state index contributed by atoms with van der Waals surface area (Å²) in [6.45, 7) is 2.89. The number of aryl methyl sites for hydroxylation is 1. The van der Waals surface area contributed by atoms with Gasteiger partial charge in [0.1, 0.15) is 5.82 Å². The number of carbonyl (C=O) groups excluding carboxylic acids is 1. The lowest BCUT2D eigenvalue weighted by molar-refractivity contribution is -0.131. The Labute approximate surface area is 148 Å². The Morgan fingerprint density at radius 3 is 2.68 bits per heavy atom. The number of hydrogen-bond acceptors (Lipinski definition) is 4. The summed E-state index contributed by atoms with van der Waals surface area (Å²) in [6.07, 6.45) is 10.4. The third kappa shape index (κ3) is 2.84. The van der Waals surface area contributed by atoms with E-state index in [0.717, 1.165) is 50.3 Å². The van der Waals surface area contributed by atoms with Gasteiger partial charge in [-0.05, 0) is 30.9 Å². The van der Waals surface area contributed by atoms with Crippen LogP contribution in [0.3, 0.4) is 0 Å². The van der Waals surface area contributed by atoms with Crippen LogP contribution in [-0.2, 0) is 18.4 Å². The molecule has 1 amide bonds. The molecule has 25 heavy (non-hydrogen) atoms. The molecule has 1 atom stereocenters. The highest BCUT2D eigenvalue weighted by atomic mass is 16.2. The Kier molecular flexibility index (Phi) is 4.07. The first-order valence-electron chi connectivity index (χ1n) is 8.95. The molecule has 4 rings (SSSR count). The topological polar surface area (TPSA) is 54.3 Å². The van der Waals surface area contributed by atoms with Crippen molar-refractivity contribution in [1.29, 1.82) is 0 Å². The number of aromatic nitrogens is 3. The number of likely N-dealkylation sites (tertiary alicyclic amines) is 2. The summed E-state index contributed by atoms with van der Waals surface area (Å²) < 4.78 is 2.08. The fraction of sp³-hybridized carbons (Fsp3) is 0.526. The van der Waals surface area contributed by atoms with E-state index < -0.39 is 0 Å². The number of rotatable bonds is 3. The van der Waals surface area contributed by atoms with Crippen LogP contribution in [0.1, 0.15) is 36.6 Å². The number of piperidine rings is 1. The van der Waals surface area contributed by atoms with Crippen LogP contribution >= 0.6 is 0 Å². The van der Waals surface area contributed by atoms with E-state index in [1.54, 1.807) is 6.20 Å². The van der Waals surface area contributed by atoms with Crippen molar-refractivity contribution in [3.8, 4) is 0 Å². The van der Waals surface area contributed by atoms with Crippen molar-refractivity contribution in [2.45, 2.75) is 37.3 Å². The standard InChI is InChI=1S/C19H25N5O/c1-22-11-8-21-17(22)14-24-9-5-19(6-10-24)12-16(18(25)23(19)2)15-4-3-7-20-13-15/h3-4,7-8,11,13,16H,5-6,9-10,12,14H2,1-2H3. The molecule has 2 fully saturated rings. The lowest BCUT2D eigenvalue weighted by atomic mass is 9.81. The molecule has 2 saturated heterocycles. The van der Waals surface area contributed by atoms with Crippen LogP contribution < -0.4 is 0 Å². The van der Waals surface area contributed by atoms with E-state index >= 15 is 0 Å². The number of hydrogen-bond donors (Lipinski definition) is 0. The zero-order valence-corrected chi connectivity index (χ0v) is 14.9. The van der Waals surface area contributed by atoms with Gasteiger partial charge in [-0.2, -0.15) is 0 Å². The Balaban J connectivity index is 1.45. The molecule has 0 N–H and O–H groups in total. The van der Waals surface area contributed by atoms with E-state index in [1.807, 2.05) is 49.7 Å². The largest absolute Gasteiger partial charge is 0.339 e. The van der Waals surface area contributed by atoms with E-state index in [-0.39, 0.29) is 17.4 Å². The van der Waals surface area contributed by atoms with E-state index in [9.17, 15) is 4.79 Å². The monoisotopic (exact) mass is 339 g/mol. The van der Waals surface area contributed by atoms with Gasteiger partial charge in [-0.3, -0.25) is 14.7 Å². The Bertz CT molecular complexity index is 748. The van der Waals surface area contributed by atoms with Gasteiger partial charge in [0.15, 0.2) is 0 Å². The van der Waals surface area contributed by atoms with Gasteiger partial charge in [-0.1, -0.05) is 6.07 Å². The Hall–Kier alpha value is -2.21. The van der Waals surface area contributed by atoms with Crippen LogP contribution in [0, 0.1) is 0 Å². The van der Waals surface area contributed by atoms with Crippen molar-refractivity contribution in [2.24, 2.45) is 7.05 Å². The second-order valence-electron chi connectivity index (χ2n) is 7.40. The zero-order valence-electron chi connectivity index (χ0n) is 14.9. The van der Waals surface area contributed by atoms with Gasteiger partial charge in [-0.15, -0.1) is 0 Å². The molecule has 132 valence electrons. The maximum atomic E-state index is 12.8. The quantitative estimate of drug-likeness (QED) is 0.856. The summed E-state index contributed by atoms with van der Waals surface area (Å²) in [5.41, 5.74) is 1.04. The molecule has 2 aliphatic heterocycles. The van der Waals surface area contributed by atoms with E-state index in [1.165, 1.54) is 0 Å². The van der Waals surface area contributed by atoms with Crippen LogP contribution in [-0.4, -0.2) is 55.9 Å². The van der Waals surface area contributed by atoms with Crippen molar-refractivity contribution in [3.63, 3.8) is 0 Å². The minimum absolute atomic E-state index is 0.00424. The highest BCUT2D eigenvalue weighted by Gasteiger charge is 2.50. The molecule has 0 aliphatic carbocycles. The smallest absolute Gasteiger partial charge is 0.230 e. The number of nitrogens with zero attached hydrogens (tertiary/aromatic N) is 5. The molecule has 1 spiro atoms. The molecular formula is C19H25N5O. The number of carbonyl (C=O) groups is 1. The normalized spacial score (nSPS) is 23.5. The van der Waals surface area contributed by atoms with Gasteiger partial charge in [-0.25, -0.2) is 4.98 Å². The van der Waals surface area contributed by atoms with Crippen molar-refractivity contribution < 1.29 is 4.79 Å². The first-order valence-corrected chi connectivity index (χ1v) is 8.95. The summed E-state index contributed by atoms with van der Waals surface area (Å²) in [5.74, 6) is 1.30. The molecule has 0 saturated carbocycles. The van der Waals surface area contributed by atoms with Gasteiger partial charge in [0.2, 0.25) is 5.91 Å². The number of imidazole rings is 1. The summed E-state index contributed by atoms with van der Waals surface area (Å²) in [6, 6.07) is 3.95. The maximum Gasteiger partial charge on any atom is 0.230 e. The fourth-order valence-electron chi connectivity index (χ4n) is 4.33. The second-order valence-corrected chi connectivity index (χ2v) is 7.40. The molecular weight excluding hydrogens is 314 g/mol. The number of amides is 1. The molecule has 2 aromatic rings. The summed E-state index contributed by atoms with van der Waals surface area (Å²) >= 11 is 0. The number of pyridine rings is 1. The molecule has 6 heteroatoms. The maximum absolute atomic E-state index is 12.8. The molecule has 0 aromatic carbocycles. The third-order valence-corrected chi connectivity index (χ3v) is 6.08. The molecule has 0 radical (unpaired) electrons. The summed E-state index contributed by atoms with van der Waals surface area (Å²) in [5, 5.41) is 0. The van der Waals surface area contributed by atoms with E-state index in [4.69, 9.17) is 0 Å². The second kappa shape index (κ2) is 6.26. The SMILES string of the molecule is CN1C(=O)C(c2cccnc2)CC12CCN(Cc1nccn1C)CC2. The third-order valence-electron chi connectivity index (χ3n) is 6.08. The zero-order chi connectivity index (χ0) is 17.4. The summed E-state index contributed by atoms with van der Waals surface area (Å²) in [7, 11) is 4.02. The molecule has 0 bridgehead atoms. The van der Waals surface area contributed by atoms with Crippen LogP contribution in [0.25, 0.3) is 0 Å². The minimum Gasteiger partial charge on any atom is -0.339 e. The average molecular weight is 339 g/mol. The van der Waals surface area contributed by atoms with Crippen LogP contribution in [0.2, 0.25) is 0 Å². The van der Waals surface area contributed by atoms with Crippen molar-refractivity contribution in [3.05, 3.63) is 48.3 Å². The van der Waals surface area contributed by atoms with Crippen molar-refractivity contribution >= 4 is 5.91 Å². The van der Waals surface area contributed by atoms with E-state index in [2.05, 4.69) is 19.4 Å². The first kappa shape index (κ1) is 16.3. The lowest BCUT2D eigenvalue weighted by Crippen LogP contribution is -2.51. The molecule has 4 heterocycles. The first-order chi connectivity index (χ1) is 12.1. The highest BCUT2D eigenvalue weighted by Crippen LogP contribution is 2.44.